The van der Waals surface area contributed by atoms with Gasteiger partial charge in [-0.2, -0.15) is 13.2 Å². The molecule has 1 amide bonds. The number of carbonyl (C=O) groups is 1. The van der Waals surface area contributed by atoms with Crippen LogP contribution in [0.1, 0.15) is 12.0 Å². The Bertz CT molecular complexity index is 437. The maximum absolute atomic E-state index is 12.4. The number of carbonyl (C=O) groups excluding carboxylic acids is 1. The number of rotatable bonds is 4. The van der Waals surface area contributed by atoms with Gasteiger partial charge in [0, 0.05) is 22.8 Å². The minimum atomic E-state index is -4.41. The predicted octanol–water partition coefficient (Wildman–Crippen LogP) is 1.76. The van der Waals surface area contributed by atoms with Crippen LogP contribution in [0.3, 0.4) is 0 Å². The van der Waals surface area contributed by atoms with Crippen molar-refractivity contribution < 1.29 is 18.0 Å². The number of halogens is 3. The molecule has 1 aromatic rings. The van der Waals surface area contributed by atoms with Crippen molar-refractivity contribution in [3.8, 4) is 0 Å². The summed E-state index contributed by atoms with van der Waals surface area (Å²) < 4.78 is 37.1. The van der Waals surface area contributed by atoms with Crippen LogP contribution < -0.4 is 17.0 Å². The summed E-state index contributed by atoms with van der Waals surface area (Å²) in [6.45, 7) is 0. The van der Waals surface area contributed by atoms with Crippen LogP contribution in [0.4, 0.5) is 18.9 Å². The van der Waals surface area contributed by atoms with Crippen molar-refractivity contribution in [2.75, 3.05) is 11.5 Å². The van der Waals surface area contributed by atoms with Gasteiger partial charge in [0.2, 0.25) is 5.91 Å². The summed E-state index contributed by atoms with van der Waals surface area (Å²) in [5.41, 5.74) is 6.74. The molecule has 0 saturated carbocycles. The minimum absolute atomic E-state index is 0.0444. The van der Waals surface area contributed by atoms with Gasteiger partial charge in [-0.25, -0.2) is 5.84 Å². The maximum Gasteiger partial charge on any atom is 0.416 e. The summed E-state index contributed by atoms with van der Waals surface area (Å²) in [4.78, 5) is 11.4. The zero-order chi connectivity index (χ0) is 13.8. The number of alkyl halides is 3. The van der Waals surface area contributed by atoms with Crippen molar-refractivity contribution in [2.24, 2.45) is 5.84 Å². The predicted molar refractivity (Wildman–Crippen MR) is 63.5 cm³/mol. The van der Waals surface area contributed by atoms with Crippen LogP contribution in [-0.4, -0.2) is 11.7 Å². The van der Waals surface area contributed by atoms with E-state index in [-0.39, 0.29) is 18.0 Å². The Kier molecular flexibility index (Phi) is 4.85. The molecule has 0 aliphatic rings. The third-order valence-electron chi connectivity index (χ3n) is 2.08. The molecule has 0 radical (unpaired) electrons. The van der Waals surface area contributed by atoms with Gasteiger partial charge in [-0.1, -0.05) is 0 Å². The molecule has 1 aromatic carbocycles. The smallest absolute Gasteiger partial charge is 0.398 e. The van der Waals surface area contributed by atoms with Gasteiger partial charge in [0.05, 0.1) is 5.56 Å². The second-order valence-corrected chi connectivity index (χ2v) is 4.55. The largest absolute Gasteiger partial charge is 0.416 e. The maximum atomic E-state index is 12.4. The van der Waals surface area contributed by atoms with E-state index in [1.165, 1.54) is 17.8 Å². The van der Waals surface area contributed by atoms with Crippen molar-refractivity contribution in [3.63, 3.8) is 0 Å². The fraction of sp³-hybridized carbons (Fsp3) is 0.300. The average Bonchev–Trinajstić information content (AvgIpc) is 2.29. The van der Waals surface area contributed by atoms with E-state index < -0.39 is 11.7 Å². The molecule has 0 aliphatic carbocycles. The van der Waals surface area contributed by atoms with Gasteiger partial charge < -0.3 is 5.73 Å². The number of hydrogen-bond donors (Lipinski definition) is 3. The summed E-state index contributed by atoms with van der Waals surface area (Å²) in [6.07, 6.45) is -4.24. The van der Waals surface area contributed by atoms with Crippen molar-refractivity contribution in [2.45, 2.75) is 17.5 Å². The standard InChI is InChI=1S/C10H12F3N3OS/c11-10(12,13)6-1-2-8(7(14)5-6)18-4-3-9(17)16-15/h1-2,5H,3-4,14-15H2,(H,16,17). The van der Waals surface area contributed by atoms with Gasteiger partial charge in [0.15, 0.2) is 0 Å². The first-order valence-electron chi connectivity index (χ1n) is 4.93. The molecule has 0 atom stereocenters. The fourth-order valence-corrected chi connectivity index (χ4v) is 2.08. The summed E-state index contributed by atoms with van der Waals surface area (Å²) >= 11 is 1.20. The molecule has 0 aromatic heterocycles. The summed E-state index contributed by atoms with van der Waals surface area (Å²) in [5.74, 6) is 4.94. The van der Waals surface area contributed by atoms with Crippen LogP contribution in [0.15, 0.2) is 23.1 Å². The normalized spacial score (nSPS) is 11.3. The van der Waals surface area contributed by atoms with Crippen LogP contribution in [0, 0.1) is 0 Å². The summed E-state index contributed by atoms with van der Waals surface area (Å²) in [7, 11) is 0. The first-order valence-corrected chi connectivity index (χ1v) is 5.92. The number of hydrogen-bond acceptors (Lipinski definition) is 4. The second-order valence-electron chi connectivity index (χ2n) is 3.42. The molecule has 0 unspecified atom stereocenters. The fourth-order valence-electron chi connectivity index (χ4n) is 1.18. The highest BCUT2D eigenvalue weighted by Crippen LogP contribution is 2.34. The van der Waals surface area contributed by atoms with Crippen molar-refractivity contribution >= 4 is 23.4 Å². The zero-order valence-electron chi connectivity index (χ0n) is 9.25. The number of hydrazine groups is 1. The van der Waals surface area contributed by atoms with Gasteiger partial charge in [0.1, 0.15) is 0 Å². The molecule has 100 valence electrons. The number of amides is 1. The second kappa shape index (κ2) is 5.96. The average molecular weight is 279 g/mol. The lowest BCUT2D eigenvalue weighted by atomic mass is 10.2. The van der Waals surface area contributed by atoms with Crippen LogP contribution in [0.2, 0.25) is 0 Å². The molecule has 1 rings (SSSR count). The molecule has 0 saturated heterocycles. The molecular weight excluding hydrogens is 267 g/mol. The Morgan fingerprint density at radius 2 is 2.06 bits per heavy atom. The number of nitrogen functional groups attached to an aromatic ring is 1. The molecule has 8 heteroatoms. The Balaban J connectivity index is 2.66. The SMILES string of the molecule is NNC(=O)CCSc1ccc(C(F)(F)F)cc1N. The van der Waals surface area contributed by atoms with Gasteiger partial charge in [0.25, 0.3) is 0 Å². The zero-order valence-corrected chi connectivity index (χ0v) is 10.1. The molecular formula is C10H12F3N3OS. The topological polar surface area (TPSA) is 81.1 Å². The molecule has 0 bridgehead atoms. The molecule has 18 heavy (non-hydrogen) atoms. The van der Waals surface area contributed by atoms with E-state index in [0.29, 0.717) is 10.6 Å². The molecule has 4 nitrogen and oxygen atoms in total. The molecule has 0 spiro atoms. The van der Waals surface area contributed by atoms with Gasteiger partial charge in [-0.15, -0.1) is 11.8 Å². The monoisotopic (exact) mass is 279 g/mol. The highest BCUT2D eigenvalue weighted by Gasteiger charge is 2.30. The van der Waals surface area contributed by atoms with Gasteiger partial charge >= 0.3 is 6.18 Å². The van der Waals surface area contributed by atoms with E-state index in [2.05, 4.69) is 0 Å². The third kappa shape index (κ3) is 4.11. The third-order valence-corrected chi connectivity index (χ3v) is 3.18. The van der Waals surface area contributed by atoms with E-state index in [0.717, 1.165) is 12.1 Å². The summed E-state index contributed by atoms with van der Waals surface area (Å²) in [5, 5.41) is 0. The lowest BCUT2D eigenvalue weighted by molar-refractivity contribution is -0.137. The highest BCUT2D eigenvalue weighted by atomic mass is 32.2. The Morgan fingerprint density at radius 1 is 1.39 bits per heavy atom. The van der Waals surface area contributed by atoms with Gasteiger partial charge in [-0.3, -0.25) is 10.2 Å². The lowest BCUT2D eigenvalue weighted by Crippen LogP contribution is -2.30. The van der Waals surface area contributed by atoms with Crippen LogP contribution in [0.5, 0.6) is 0 Å². The van der Waals surface area contributed by atoms with E-state index in [1.54, 1.807) is 0 Å². The van der Waals surface area contributed by atoms with E-state index in [9.17, 15) is 18.0 Å². The molecule has 0 heterocycles. The lowest BCUT2D eigenvalue weighted by Gasteiger charge is -2.10. The quantitative estimate of drug-likeness (QED) is 0.258. The highest BCUT2D eigenvalue weighted by molar-refractivity contribution is 7.99. The number of thioether (sulfide) groups is 1. The molecule has 5 N–H and O–H groups in total. The van der Waals surface area contributed by atoms with Crippen molar-refractivity contribution in [1.82, 2.24) is 5.43 Å². The first-order chi connectivity index (χ1) is 8.34. The Hall–Kier alpha value is -1.41. The molecule has 0 aliphatic heterocycles. The van der Waals surface area contributed by atoms with Crippen LogP contribution in [-0.2, 0) is 11.0 Å². The van der Waals surface area contributed by atoms with E-state index >= 15 is 0 Å². The molecule has 0 fully saturated rings. The summed E-state index contributed by atoms with van der Waals surface area (Å²) in [6, 6.07) is 3.14. The number of anilines is 1. The van der Waals surface area contributed by atoms with E-state index in [1.807, 2.05) is 5.43 Å². The van der Waals surface area contributed by atoms with E-state index in [4.69, 9.17) is 11.6 Å². The van der Waals surface area contributed by atoms with Crippen molar-refractivity contribution in [1.29, 1.82) is 0 Å². The number of benzene rings is 1. The van der Waals surface area contributed by atoms with Crippen molar-refractivity contribution in [3.05, 3.63) is 23.8 Å². The Labute approximate surface area is 106 Å². The minimum Gasteiger partial charge on any atom is -0.398 e. The van der Waals surface area contributed by atoms with Crippen LogP contribution >= 0.6 is 11.8 Å². The number of nitrogens with one attached hydrogen (secondary N) is 1. The van der Waals surface area contributed by atoms with Gasteiger partial charge in [-0.05, 0) is 18.2 Å². The Morgan fingerprint density at radius 3 is 2.56 bits per heavy atom. The number of nitrogens with two attached hydrogens (primary N) is 2. The first kappa shape index (κ1) is 14.7. The van der Waals surface area contributed by atoms with Crippen LogP contribution in [0.25, 0.3) is 0 Å².